The maximum absolute atomic E-state index is 8.24. The van der Waals surface area contributed by atoms with Crippen LogP contribution in [-0.4, -0.2) is 86.1 Å². The van der Waals surface area contributed by atoms with Gasteiger partial charge >= 0.3 is 0 Å². The lowest BCUT2D eigenvalue weighted by atomic mass is 10.2. The molecule has 0 radical (unpaired) electrons. The average molecular weight is 294 g/mol. The molecule has 0 aromatic rings. The highest BCUT2D eigenvalue weighted by atomic mass is 16.5. The molecule has 21 heavy (non-hydrogen) atoms. The molecule has 2 aliphatic heterocycles. The van der Waals surface area contributed by atoms with Crippen LogP contribution >= 0.6 is 0 Å². The van der Waals surface area contributed by atoms with E-state index in [0.717, 1.165) is 77.6 Å². The number of ether oxygens (including phenoxy) is 1. The minimum atomic E-state index is 0.713. The predicted molar refractivity (Wildman–Crippen MR) is 87.0 cm³/mol. The van der Waals surface area contributed by atoms with Gasteiger partial charge in [-0.3, -0.25) is 15.2 Å². The molecule has 0 atom stereocenters. The van der Waals surface area contributed by atoms with Gasteiger partial charge in [-0.25, -0.2) is 0 Å². The van der Waals surface area contributed by atoms with Crippen LogP contribution in [0.4, 0.5) is 0 Å². The summed E-state index contributed by atoms with van der Waals surface area (Å²) < 4.78 is 5.38. The first-order valence-corrected chi connectivity index (χ1v) is 8.23. The molecular formula is C16H30N4O. The lowest BCUT2D eigenvalue weighted by Crippen LogP contribution is -2.51. The molecule has 120 valence electrons. The third-order valence-electron chi connectivity index (χ3n) is 4.41. The fourth-order valence-corrected chi connectivity index (χ4v) is 2.95. The first-order valence-electron chi connectivity index (χ1n) is 8.23. The molecule has 2 saturated heterocycles. The van der Waals surface area contributed by atoms with E-state index in [0.29, 0.717) is 5.84 Å². The number of piperazine rings is 1. The van der Waals surface area contributed by atoms with Crippen LogP contribution in [0.2, 0.25) is 0 Å². The Bertz CT molecular complexity index is 355. The third kappa shape index (κ3) is 5.09. The van der Waals surface area contributed by atoms with Crippen LogP contribution in [0.3, 0.4) is 0 Å². The van der Waals surface area contributed by atoms with E-state index in [1.54, 1.807) is 0 Å². The third-order valence-corrected chi connectivity index (χ3v) is 4.41. The zero-order chi connectivity index (χ0) is 15.1. The highest BCUT2D eigenvalue weighted by Gasteiger charge is 2.20. The Morgan fingerprint density at radius 1 is 1.00 bits per heavy atom. The molecule has 0 aromatic heterocycles. The van der Waals surface area contributed by atoms with Crippen molar-refractivity contribution in [1.29, 1.82) is 5.41 Å². The van der Waals surface area contributed by atoms with Gasteiger partial charge in [-0.15, -0.1) is 0 Å². The number of rotatable bonds is 5. The number of hydrogen-bond acceptors (Lipinski definition) is 4. The Kier molecular flexibility index (Phi) is 6.67. The van der Waals surface area contributed by atoms with E-state index < -0.39 is 0 Å². The maximum atomic E-state index is 8.24. The van der Waals surface area contributed by atoms with E-state index in [1.165, 1.54) is 0 Å². The summed E-state index contributed by atoms with van der Waals surface area (Å²) in [5.41, 5.74) is 1.11. The van der Waals surface area contributed by atoms with E-state index >= 15 is 0 Å². The zero-order valence-electron chi connectivity index (χ0n) is 13.6. The van der Waals surface area contributed by atoms with E-state index in [2.05, 4.69) is 34.6 Å². The molecule has 5 heteroatoms. The van der Waals surface area contributed by atoms with Gasteiger partial charge in [-0.05, 0) is 18.9 Å². The summed E-state index contributed by atoms with van der Waals surface area (Å²) in [7, 11) is 0. The van der Waals surface area contributed by atoms with Gasteiger partial charge in [0.15, 0.2) is 0 Å². The molecule has 2 aliphatic rings. The van der Waals surface area contributed by atoms with Crippen molar-refractivity contribution in [3.05, 3.63) is 11.6 Å². The van der Waals surface area contributed by atoms with Gasteiger partial charge in [0.25, 0.3) is 0 Å². The zero-order valence-corrected chi connectivity index (χ0v) is 13.6. The number of nitrogens with one attached hydrogen (secondary N) is 1. The van der Waals surface area contributed by atoms with E-state index in [4.69, 9.17) is 10.1 Å². The van der Waals surface area contributed by atoms with Gasteiger partial charge in [0.05, 0.1) is 13.2 Å². The van der Waals surface area contributed by atoms with E-state index in [9.17, 15) is 0 Å². The standard InChI is InChI=1S/C16H30N4O/c1-3-4-15(2)16(17)20-9-7-18(8-10-20)5-6-19-11-13-21-14-12-19/h4,17H,3,5-14H2,1-2H3/b15-4-,17-16?. The molecule has 0 bridgehead atoms. The van der Waals surface area contributed by atoms with Crippen LogP contribution in [0, 0.1) is 5.41 Å². The molecule has 0 aliphatic carbocycles. The highest BCUT2D eigenvalue weighted by Crippen LogP contribution is 2.08. The predicted octanol–water partition coefficient (Wildman–Crippen LogP) is 1.27. The molecule has 5 nitrogen and oxygen atoms in total. The number of amidine groups is 1. The van der Waals surface area contributed by atoms with Gasteiger partial charge in [0.1, 0.15) is 5.84 Å². The van der Waals surface area contributed by atoms with Crippen molar-refractivity contribution in [2.75, 3.05) is 65.6 Å². The fraction of sp³-hybridized carbons (Fsp3) is 0.812. The first-order chi connectivity index (χ1) is 10.2. The van der Waals surface area contributed by atoms with Crippen LogP contribution < -0.4 is 0 Å². The van der Waals surface area contributed by atoms with E-state index in [1.807, 2.05) is 0 Å². The van der Waals surface area contributed by atoms with Crippen molar-refractivity contribution in [1.82, 2.24) is 14.7 Å². The summed E-state index contributed by atoms with van der Waals surface area (Å²) in [6.07, 6.45) is 3.15. The molecule has 0 spiro atoms. The van der Waals surface area contributed by atoms with Crippen LogP contribution in [0.1, 0.15) is 20.3 Å². The van der Waals surface area contributed by atoms with Crippen molar-refractivity contribution in [3.63, 3.8) is 0 Å². The number of allylic oxidation sites excluding steroid dienone is 1. The molecule has 0 saturated carbocycles. The largest absolute Gasteiger partial charge is 0.379 e. The number of hydrogen-bond donors (Lipinski definition) is 1. The number of morpholine rings is 1. The minimum Gasteiger partial charge on any atom is -0.379 e. The summed E-state index contributed by atoms with van der Waals surface area (Å²) in [6.45, 7) is 14.5. The van der Waals surface area contributed by atoms with Crippen molar-refractivity contribution in [2.45, 2.75) is 20.3 Å². The van der Waals surface area contributed by atoms with Gasteiger partial charge in [-0.2, -0.15) is 0 Å². The minimum absolute atomic E-state index is 0.713. The van der Waals surface area contributed by atoms with Crippen molar-refractivity contribution >= 4 is 5.84 Å². The quantitative estimate of drug-likeness (QED) is 0.612. The van der Waals surface area contributed by atoms with Gasteiger partial charge in [0, 0.05) is 52.4 Å². The van der Waals surface area contributed by atoms with Crippen LogP contribution in [-0.2, 0) is 4.74 Å². The van der Waals surface area contributed by atoms with Crippen LogP contribution in [0.15, 0.2) is 11.6 Å². The average Bonchev–Trinajstić information content (AvgIpc) is 2.54. The lowest BCUT2D eigenvalue weighted by Gasteiger charge is -2.37. The Morgan fingerprint density at radius 3 is 2.14 bits per heavy atom. The highest BCUT2D eigenvalue weighted by molar-refractivity contribution is 5.95. The smallest absolute Gasteiger partial charge is 0.123 e. The number of nitrogens with zero attached hydrogens (tertiary/aromatic N) is 3. The van der Waals surface area contributed by atoms with Gasteiger partial charge < -0.3 is 9.64 Å². The molecule has 0 unspecified atom stereocenters. The summed E-state index contributed by atoms with van der Waals surface area (Å²) in [6, 6.07) is 0. The molecule has 2 fully saturated rings. The van der Waals surface area contributed by atoms with Crippen LogP contribution in [0.5, 0.6) is 0 Å². The van der Waals surface area contributed by atoms with E-state index in [-0.39, 0.29) is 0 Å². The summed E-state index contributed by atoms with van der Waals surface area (Å²) >= 11 is 0. The molecular weight excluding hydrogens is 264 g/mol. The molecule has 2 rings (SSSR count). The van der Waals surface area contributed by atoms with Gasteiger partial charge in [0.2, 0.25) is 0 Å². The normalized spacial score (nSPS) is 22.6. The Hall–Kier alpha value is -0.910. The maximum Gasteiger partial charge on any atom is 0.123 e. The molecule has 2 heterocycles. The summed E-state index contributed by atoms with van der Waals surface area (Å²) in [5, 5.41) is 8.24. The topological polar surface area (TPSA) is 42.8 Å². The summed E-state index contributed by atoms with van der Waals surface area (Å²) in [4.78, 5) is 7.23. The Balaban J connectivity index is 1.68. The Labute approximate surface area is 129 Å². The molecule has 0 aromatic carbocycles. The lowest BCUT2D eigenvalue weighted by molar-refractivity contribution is 0.0315. The van der Waals surface area contributed by atoms with Crippen molar-refractivity contribution in [2.24, 2.45) is 0 Å². The molecule has 1 N–H and O–H groups in total. The second-order valence-electron chi connectivity index (χ2n) is 5.93. The van der Waals surface area contributed by atoms with Gasteiger partial charge in [-0.1, -0.05) is 13.0 Å². The second-order valence-corrected chi connectivity index (χ2v) is 5.93. The second kappa shape index (κ2) is 8.51. The summed E-state index contributed by atoms with van der Waals surface area (Å²) in [5.74, 6) is 0.713. The van der Waals surface area contributed by atoms with Crippen molar-refractivity contribution in [3.8, 4) is 0 Å². The molecule has 0 amide bonds. The first kappa shape index (κ1) is 16.5. The fourth-order valence-electron chi connectivity index (χ4n) is 2.95. The van der Waals surface area contributed by atoms with Crippen LogP contribution in [0.25, 0.3) is 0 Å². The SMILES string of the molecule is CC/C=C(/C)C(=N)N1CCN(CCN2CCOCC2)CC1. The van der Waals surface area contributed by atoms with Crippen molar-refractivity contribution < 1.29 is 4.74 Å². The monoisotopic (exact) mass is 294 g/mol. The Morgan fingerprint density at radius 2 is 1.57 bits per heavy atom.